The van der Waals surface area contributed by atoms with Crippen molar-refractivity contribution in [2.24, 2.45) is 0 Å². The summed E-state index contributed by atoms with van der Waals surface area (Å²) in [5.41, 5.74) is 0.585. The number of hydrogen-bond acceptors (Lipinski definition) is 6. The topological polar surface area (TPSA) is 111 Å². The Morgan fingerprint density at radius 2 is 1.88 bits per heavy atom. The van der Waals surface area contributed by atoms with Crippen LogP contribution in [-0.4, -0.2) is 35.2 Å². The third kappa shape index (κ3) is 4.56. The Morgan fingerprint density at radius 3 is 2.46 bits per heavy atom. The fourth-order valence-electron chi connectivity index (χ4n) is 2.73. The average molecular weight is 337 g/mol. The quantitative estimate of drug-likeness (QED) is 0.813. The molecule has 0 spiro atoms. The fraction of sp³-hybridized carbons (Fsp3) is 0.625. The van der Waals surface area contributed by atoms with Crippen LogP contribution in [0.3, 0.4) is 0 Å². The molecule has 1 aliphatic carbocycles. The molecule has 0 saturated heterocycles. The van der Waals surface area contributed by atoms with E-state index in [1.807, 2.05) is 0 Å². The van der Waals surface area contributed by atoms with Gasteiger partial charge in [-0.2, -0.15) is 0 Å². The summed E-state index contributed by atoms with van der Waals surface area (Å²) in [6, 6.07) is -0.473. The minimum Gasteiger partial charge on any atom is -0.449 e. The zero-order valence-corrected chi connectivity index (χ0v) is 14.2. The molecule has 8 nitrogen and oxygen atoms in total. The van der Waals surface area contributed by atoms with E-state index in [9.17, 15) is 14.4 Å². The number of esters is 1. The first-order valence-electron chi connectivity index (χ1n) is 8.13. The van der Waals surface area contributed by atoms with Gasteiger partial charge in [-0.05, 0) is 33.6 Å². The number of nitrogens with one attached hydrogen (secondary N) is 2. The zero-order chi connectivity index (χ0) is 17.7. The lowest BCUT2D eigenvalue weighted by Gasteiger charge is -2.23. The van der Waals surface area contributed by atoms with E-state index in [2.05, 4.69) is 15.8 Å². The zero-order valence-electron chi connectivity index (χ0n) is 14.2. The molecule has 1 aliphatic rings. The van der Waals surface area contributed by atoms with Gasteiger partial charge in [0.15, 0.2) is 6.10 Å². The summed E-state index contributed by atoms with van der Waals surface area (Å²) in [6.45, 7) is 4.59. The lowest BCUT2D eigenvalue weighted by atomic mass is 9.96. The Balaban J connectivity index is 1.83. The first-order valence-corrected chi connectivity index (χ1v) is 8.13. The summed E-state index contributed by atoms with van der Waals surface area (Å²) in [5.74, 6) is -1.06. The lowest BCUT2D eigenvalue weighted by molar-refractivity contribution is -0.127. The molecule has 1 aromatic rings. The molecule has 24 heavy (non-hydrogen) atoms. The van der Waals surface area contributed by atoms with Crippen LogP contribution in [-0.2, 0) is 9.53 Å². The van der Waals surface area contributed by atoms with Crippen LogP contribution in [0.25, 0.3) is 0 Å². The number of carbonyl (C=O) groups is 3. The van der Waals surface area contributed by atoms with Crippen LogP contribution >= 0.6 is 0 Å². The predicted molar refractivity (Wildman–Crippen MR) is 84.4 cm³/mol. The molecule has 1 aromatic heterocycles. The molecule has 0 aromatic carbocycles. The van der Waals surface area contributed by atoms with E-state index < -0.39 is 24.0 Å². The third-order valence-electron chi connectivity index (χ3n) is 4.07. The maximum absolute atomic E-state index is 12.1. The van der Waals surface area contributed by atoms with E-state index in [1.54, 1.807) is 13.8 Å². The number of imide groups is 1. The minimum atomic E-state index is -1.11. The van der Waals surface area contributed by atoms with E-state index in [-0.39, 0.29) is 11.6 Å². The maximum atomic E-state index is 12.1. The van der Waals surface area contributed by atoms with Gasteiger partial charge in [0, 0.05) is 6.04 Å². The van der Waals surface area contributed by atoms with Crippen molar-refractivity contribution in [2.45, 2.75) is 65.0 Å². The van der Waals surface area contributed by atoms with E-state index in [1.165, 1.54) is 13.3 Å². The minimum absolute atomic E-state index is 0.0895. The van der Waals surface area contributed by atoms with Crippen molar-refractivity contribution in [3.8, 4) is 0 Å². The Kier molecular flexibility index (Phi) is 5.94. The third-order valence-corrected chi connectivity index (χ3v) is 4.07. The highest BCUT2D eigenvalue weighted by Crippen LogP contribution is 2.17. The van der Waals surface area contributed by atoms with Gasteiger partial charge in [0.05, 0.1) is 5.69 Å². The van der Waals surface area contributed by atoms with Gasteiger partial charge in [0.1, 0.15) is 11.3 Å². The number of aryl methyl sites for hydroxylation is 2. The van der Waals surface area contributed by atoms with Gasteiger partial charge >= 0.3 is 12.0 Å². The number of rotatable bonds is 4. The van der Waals surface area contributed by atoms with Gasteiger partial charge in [0.2, 0.25) is 0 Å². The molecule has 1 saturated carbocycles. The van der Waals surface area contributed by atoms with E-state index >= 15 is 0 Å². The van der Waals surface area contributed by atoms with Crippen LogP contribution in [0.15, 0.2) is 4.52 Å². The highest BCUT2D eigenvalue weighted by molar-refractivity contribution is 5.99. The second kappa shape index (κ2) is 7.94. The number of amides is 3. The molecular formula is C16H23N3O5. The van der Waals surface area contributed by atoms with Crippen LogP contribution in [0.2, 0.25) is 0 Å². The van der Waals surface area contributed by atoms with Gasteiger partial charge in [-0.25, -0.2) is 9.59 Å². The van der Waals surface area contributed by atoms with Gasteiger partial charge in [-0.1, -0.05) is 24.4 Å². The van der Waals surface area contributed by atoms with Crippen molar-refractivity contribution in [3.63, 3.8) is 0 Å². The molecule has 8 heteroatoms. The molecule has 1 fully saturated rings. The van der Waals surface area contributed by atoms with Crippen LogP contribution in [0, 0.1) is 13.8 Å². The van der Waals surface area contributed by atoms with Crippen molar-refractivity contribution in [3.05, 3.63) is 17.0 Å². The Hall–Kier alpha value is -2.38. The molecule has 132 valence electrons. The molecular weight excluding hydrogens is 314 g/mol. The SMILES string of the molecule is Cc1noc(C)c1C(=O)O[C@H](C)C(=O)NC(=O)NC1CCCCC1. The normalized spacial score (nSPS) is 16.3. The van der Waals surface area contributed by atoms with Gasteiger partial charge in [0.25, 0.3) is 5.91 Å². The summed E-state index contributed by atoms with van der Waals surface area (Å²) >= 11 is 0. The van der Waals surface area contributed by atoms with Crippen LogP contribution < -0.4 is 10.6 Å². The summed E-state index contributed by atoms with van der Waals surface area (Å²) in [5, 5.41) is 8.63. The average Bonchev–Trinajstić information content (AvgIpc) is 2.86. The molecule has 0 radical (unpaired) electrons. The summed E-state index contributed by atoms with van der Waals surface area (Å²) in [6.07, 6.45) is 4.04. The first kappa shape index (κ1) is 18.0. The van der Waals surface area contributed by atoms with Crippen LogP contribution in [0.1, 0.15) is 60.8 Å². The molecule has 2 rings (SSSR count). The monoisotopic (exact) mass is 337 g/mol. The largest absolute Gasteiger partial charge is 0.449 e. The lowest BCUT2D eigenvalue weighted by Crippen LogP contribution is -2.48. The highest BCUT2D eigenvalue weighted by atomic mass is 16.5. The summed E-state index contributed by atoms with van der Waals surface area (Å²) in [4.78, 5) is 35.9. The van der Waals surface area contributed by atoms with Crippen molar-refractivity contribution in [1.29, 1.82) is 0 Å². The molecule has 0 aliphatic heterocycles. The summed E-state index contributed by atoms with van der Waals surface area (Å²) < 4.78 is 9.97. The standard InChI is InChI=1S/C16H23N3O5/c1-9-13(10(2)24-19-9)15(21)23-11(3)14(20)18-16(22)17-12-7-5-4-6-8-12/h11-12H,4-8H2,1-3H3,(H2,17,18,20,22)/t11-/m1/s1. The molecule has 3 amide bonds. The second-order valence-corrected chi connectivity index (χ2v) is 6.04. The fourth-order valence-corrected chi connectivity index (χ4v) is 2.73. The van der Waals surface area contributed by atoms with Crippen LogP contribution in [0.5, 0.6) is 0 Å². The number of ether oxygens (including phenoxy) is 1. The van der Waals surface area contributed by atoms with Crippen LogP contribution in [0.4, 0.5) is 4.79 Å². The number of hydrogen-bond donors (Lipinski definition) is 2. The first-order chi connectivity index (χ1) is 11.4. The van der Waals surface area contributed by atoms with Crippen molar-refractivity contribution in [2.75, 3.05) is 0 Å². The van der Waals surface area contributed by atoms with Gasteiger partial charge in [-0.3, -0.25) is 10.1 Å². The number of nitrogens with zero attached hydrogens (tertiary/aromatic N) is 1. The number of carbonyl (C=O) groups excluding carboxylic acids is 3. The molecule has 2 N–H and O–H groups in total. The van der Waals surface area contributed by atoms with Crippen molar-refractivity contribution >= 4 is 17.9 Å². The summed E-state index contributed by atoms with van der Waals surface area (Å²) in [7, 11) is 0. The van der Waals surface area contributed by atoms with E-state index in [0.717, 1.165) is 25.7 Å². The number of aromatic nitrogens is 1. The molecule has 1 heterocycles. The Labute approximate surface area is 140 Å². The van der Waals surface area contributed by atoms with Crippen molar-refractivity contribution in [1.82, 2.24) is 15.8 Å². The Bertz CT molecular complexity index is 600. The number of urea groups is 1. The molecule has 1 atom stereocenters. The van der Waals surface area contributed by atoms with Gasteiger partial charge < -0.3 is 14.6 Å². The maximum Gasteiger partial charge on any atom is 0.344 e. The van der Waals surface area contributed by atoms with Gasteiger partial charge in [-0.15, -0.1) is 0 Å². The molecule has 0 bridgehead atoms. The molecule has 0 unspecified atom stereocenters. The Morgan fingerprint density at radius 1 is 1.21 bits per heavy atom. The highest BCUT2D eigenvalue weighted by Gasteiger charge is 2.25. The van der Waals surface area contributed by atoms with E-state index in [4.69, 9.17) is 9.26 Å². The smallest absolute Gasteiger partial charge is 0.344 e. The second-order valence-electron chi connectivity index (χ2n) is 6.04. The van der Waals surface area contributed by atoms with E-state index in [0.29, 0.717) is 11.5 Å². The predicted octanol–water partition coefficient (Wildman–Crippen LogP) is 2.00. The van der Waals surface area contributed by atoms with Crippen molar-refractivity contribution < 1.29 is 23.6 Å².